The average Bonchev–Trinajstić information content (AvgIpc) is 2.56. The molecule has 0 radical (unpaired) electrons. The Kier molecular flexibility index (Phi) is 5.40. The summed E-state index contributed by atoms with van der Waals surface area (Å²) in [5.41, 5.74) is 6.06. The second-order valence-electron chi connectivity index (χ2n) is 5.70. The Morgan fingerprint density at radius 1 is 1.47 bits per heavy atom. The monoisotopic (exact) mass is 362 g/mol. The van der Waals surface area contributed by atoms with Crippen LogP contribution in [-0.2, 0) is 0 Å². The molecule has 1 fully saturated rings. The molecule has 1 aromatic rings. The smallest absolute Gasteiger partial charge is 0.0565 e. The number of hydrogen-bond acceptors (Lipinski definition) is 4. The summed E-state index contributed by atoms with van der Waals surface area (Å²) in [4.78, 5) is 5.31. The van der Waals surface area contributed by atoms with E-state index >= 15 is 0 Å². The van der Waals surface area contributed by atoms with Gasteiger partial charge in [-0.1, -0.05) is 13.8 Å². The summed E-state index contributed by atoms with van der Waals surface area (Å²) < 4.78 is 1.62. The highest BCUT2D eigenvalue weighted by Crippen LogP contribution is 2.36. The second kappa shape index (κ2) is 6.48. The van der Waals surface area contributed by atoms with Gasteiger partial charge in [0.2, 0.25) is 0 Å². The summed E-state index contributed by atoms with van der Waals surface area (Å²) in [6, 6.07) is 2.63. The fourth-order valence-corrected chi connectivity index (χ4v) is 5.26. The molecule has 1 aromatic heterocycles. The highest BCUT2D eigenvalue weighted by atomic mass is 79.9. The number of nitrogens with two attached hydrogens (primary N) is 1. The topological polar surface area (TPSA) is 29.3 Å². The van der Waals surface area contributed by atoms with Gasteiger partial charge in [-0.25, -0.2) is 0 Å². The molecule has 2 N–H and O–H groups in total. The molecule has 2 nitrogen and oxygen atoms in total. The fraction of sp³-hybridized carbons (Fsp3) is 0.714. The molecule has 0 saturated carbocycles. The quantitative estimate of drug-likeness (QED) is 0.879. The Bertz CT molecular complexity index is 412. The normalized spacial score (nSPS) is 22.2. The molecule has 5 heteroatoms. The van der Waals surface area contributed by atoms with Gasteiger partial charge >= 0.3 is 0 Å². The summed E-state index contributed by atoms with van der Waals surface area (Å²) in [5.74, 6) is 1.20. The van der Waals surface area contributed by atoms with Crippen LogP contribution in [0.3, 0.4) is 0 Å². The number of hydrogen-bond donors (Lipinski definition) is 1. The number of rotatable bonds is 3. The summed E-state index contributed by atoms with van der Waals surface area (Å²) in [5, 5.41) is 0. The standard InChI is InChI=1S/C14H23BrN2S2/c1-10-11(15)8-13(19-10)12(9-16)17-5-4-14(2,3)18-7-6-17/h8,12H,4-7,9,16H2,1-3H3. The van der Waals surface area contributed by atoms with Crippen molar-refractivity contribution in [1.82, 2.24) is 4.90 Å². The molecule has 19 heavy (non-hydrogen) atoms. The van der Waals surface area contributed by atoms with Crippen LogP contribution >= 0.6 is 39.0 Å². The summed E-state index contributed by atoms with van der Waals surface area (Å²) in [7, 11) is 0. The molecule has 1 atom stereocenters. The molecule has 0 aromatic carbocycles. The van der Waals surface area contributed by atoms with Crippen molar-refractivity contribution < 1.29 is 0 Å². The van der Waals surface area contributed by atoms with Crippen molar-refractivity contribution >= 4 is 39.0 Å². The van der Waals surface area contributed by atoms with E-state index in [-0.39, 0.29) is 0 Å². The Labute approximate surface area is 133 Å². The lowest BCUT2D eigenvalue weighted by molar-refractivity contribution is 0.213. The molecular formula is C14H23BrN2S2. The van der Waals surface area contributed by atoms with Gasteiger partial charge in [-0.15, -0.1) is 11.3 Å². The molecule has 0 amide bonds. The molecular weight excluding hydrogens is 340 g/mol. The maximum atomic E-state index is 6.06. The average molecular weight is 363 g/mol. The molecule has 0 bridgehead atoms. The Hall–Kier alpha value is 0.450. The molecule has 1 saturated heterocycles. The van der Waals surface area contributed by atoms with Gasteiger partial charge in [0.15, 0.2) is 0 Å². The van der Waals surface area contributed by atoms with Crippen molar-refractivity contribution in [2.75, 3.05) is 25.4 Å². The van der Waals surface area contributed by atoms with Crippen molar-refractivity contribution in [3.63, 3.8) is 0 Å². The van der Waals surface area contributed by atoms with Gasteiger partial charge in [0, 0.05) is 44.4 Å². The minimum absolute atomic E-state index is 0.379. The second-order valence-corrected chi connectivity index (χ2v) is 9.64. The maximum absolute atomic E-state index is 6.06. The maximum Gasteiger partial charge on any atom is 0.0565 e. The van der Waals surface area contributed by atoms with E-state index in [1.54, 1.807) is 0 Å². The predicted molar refractivity (Wildman–Crippen MR) is 91.3 cm³/mol. The van der Waals surface area contributed by atoms with E-state index in [9.17, 15) is 0 Å². The first-order valence-corrected chi connectivity index (χ1v) is 9.36. The molecule has 0 spiro atoms. The van der Waals surface area contributed by atoms with Crippen LogP contribution in [0.1, 0.15) is 36.1 Å². The van der Waals surface area contributed by atoms with Crippen LogP contribution in [0.5, 0.6) is 0 Å². The van der Waals surface area contributed by atoms with Crippen molar-refractivity contribution in [2.24, 2.45) is 5.73 Å². The highest BCUT2D eigenvalue weighted by molar-refractivity contribution is 9.10. The number of aryl methyl sites for hydroxylation is 1. The number of thioether (sulfide) groups is 1. The molecule has 1 aliphatic heterocycles. The lowest BCUT2D eigenvalue weighted by Gasteiger charge is -2.29. The van der Waals surface area contributed by atoms with Crippen LogP contribution in [0.2, 0.25) is 0 Å². The lowest BCUT2D eigenvalue weighted by atomic mass is 10.1. The van der Waals surface area contributed by atoms with Gasteiger partial charge in [-0.05, 0) is 35.3 Å². The molecule has 1 unspecified atom stereocenters. The molecule has 2 rings (SSSR count). The SMILES string of the molecule is Cc1sc(C(CN)N2CCSC(C)(C)CC2)cc1Br. The van der Waals surface area contributed by atoms with Gasteiger partial charge in [-0.3, -0.25) is 4.90 Å². The first-order valence-electron chi connectivity index (χ1n) is 6.77. The van der Waals surface area contributed by atoms with Crippen LogP contribution in [0.4, 0.5) is 0 Å². The zero-order chi connectivity index (χ0) is 14.0. The lowest BCUT2D eigenvalue weighted by Crippen LogP contribution is -2.35. The predicted octanol–water partition coefficient (Wildman–Crippen LogP) is 4.04. The van der Waals surface area contributed by atoms with Crippen LogP contribution in [-0.4, -0.2) is 35.0 Å². The van der Waals surface area contributed by atoms with Crippen molar-refractivity contribution in [3.05, 3.63) is 20.3 Å². The molecule has 108 valence electrons. The molecule has 2 heterocycles. The van der Waals surface area contributed by atoms with E-state index in [0.29, 0.717) is 17.3 Å². The Balaban J connectivity index is 2.13. The first kappa shape index (κ1) is 15.8. The summed E-state index contributed by atoms with van der Waals surface area (Å²) >= 11 is 7.58. The Morgan fingerprint density at radius 3 is 2.79 bits per heavy atom. The van der Waals surface area contributed by atoms with Crippen molar-refractivity contribution in [2.45, 2.75) is 38.0 Å². The number of thiophene rings is 1. The van der Waals surface area contributed by atoms with E-state index in [4.69, 9.17) is 5.73 Å². The van der Waals surface area contributed by atoms with Gasteiger partial charge in [0.05, 0.1) is 6.04 Å². The third kappa shape index (κ3) is 3.97. The third-order valence-electron chi connectivity index (χ3n) is 3.74. The van der Waals surface area contributed by atoms with E-state index in [1.807, 2.05) is 11.3 Å². The first-order chi connectivity index (χ1) is 8.93. The van der Waals surface area contributed by atoms with E-state index in [1.165, 1.54) is 26.4 Å². The minimum Gasteiger partial charge on any atom is -0.329 e. The highest BCUT2D eigenvalue weighted by Gasteiger charge is 2.28. The zero-order valence-electron chi connectivity index (χ0n) is 11.9. The van der Waals surface area contributed by atoms with Gasteiger partial charge < -0.3 is 5.73 Å². The zero-order valence-corrected chi connectivity index (χ0v) is 15.1. The molecule has 0 aliphatic carbocycles. The van der Waals surface area contributed by atoms with Crippen molar-refractivity contribution in [3.8, 4) is 0 Å². The minimum atomic E-state index is 0.379. The van der Waals surface area contributed by atoms with Crippen LogP contribution < -0.4 is 5.73 Å². The largest absolute Gasteiger partial charge is 0.329 e. The number of halogens is 1. The van der Waals surface area contributed by atoms with Gasteiger partial charge in [0.1, 0.15) is 0 Å². The number of nitrogens with zero attached hydrogens (tertiary/aromatic N) is 1. The van der Waals surface area contributed by atoms with E-state index in [0.717, 1.165) is 13.1 Å². The van der Waals surface area contributed by atoms with E-state index in [2.05, 4.69) is 59.4 Å². The molecule has 1 aliphatic rings. The van der Waals surface area contributed by atoms with Gasteiger partial charge in [0.25, 0.3) is 0 Å². The van der Waals surface area contributed by atoms with Crippen LogP contribution in [0.15, 0.2) is 10.5 Å². The summed E-state index contributed by atoms with van der Waals surface area (Å²) in [6.45, 7) is 9.86. The Morgan fingerprint density at radius 2 is 2.21 bits per heavy atom. The fourth-order valence-electron chi connectivity index (χ4n) is 2.44. The third-order valence-corrected chi connectivity index (χ3v) is 7.35. The van der Waals surface area contributed by atoms with Crippen LogP contribution in [0.25, 0.3) is 0 Å². The van der Waals surface area contributed by atoms with E-state index < -0.39 is 0 Å². The van der Waals surface area contributed by atoms with Gasteiger partial charge in [-0.2, -0.15) is 11.8 Å². The van der Waals surface area contributed by atoms with Crippen LogP contribution in [0, 0.1) is 6.92 Å². The van der Waals surface area contributed by atoms with Crippen molar-refractivity contribution in [1.29, 1.82) is 0 Å². The summed E-state index contributed by atoms with van der Waals surface area (Å²) in [6.07, 6.45) is 1.24.